The number of hydrogen-bond donors (Lipinski definition) is 0. The number of esters is 2. The van der Waals surface area contributed by atoms with Crippen LogP contribution in [0.5, 0.6) is 17.2 Å². The SMILES string of the molecule is C=c1cccc/c1=C(\C=C\C(=O)OCCCN(C)CCCOC(=O)/C=C/c1cc(OC)c(OC)c(OC)c1)c1ccccc1C. The first kappa shape index (κ1) is 34.7. The highest BCUT2D eigenvalue weighted by Gasteiger charge is 2.12. The van der Waals surface area contributed by atoms with Gasteiger partial charge in [0, 0.05) is 25.2 Å². The zero-order valence-electron chi connectivity index (χ0n) is 26.8. The van der Waals surface area contributed by atoms with Crippen LogP contribution >= 0.6 is 0 Å². The summed E-state index contributed by atoms with van der Waals surface area (Å²) in [5.41, 5.74) is 3.79. The Labute approximate surface area is 265 Å². The van der Waals surface area contributed by atoms with Crippen molar-refractivity contribution in [2.75, 3.05) is 54.7 Å². The third kappa shape index (κ3) is 10.7. The minimum Gasteiger partial charge on any atom is -0.493 e. The van der Waals surface area contributed by atoms with Crippen molar-refractivity contribution in [2.24, 2.45) is 0 Å². The fraction of sp³-hybridized carbons (Fsp3) is 0.297. The monoisotopic (exact) mass is 613 g/mol. The zero-order valence-corrected chi connectivity index (χ0v) is 26.8. The van der Waals surface area contributed by atoms with Crippen LogP contribution in [-0.2, 0) is 19.1 Å². The van der Waals surface area contributed by atoms with Crippen LogP contribution in [0.4, 0.5) is 0 Å². The maximum Gasteiger partial charge on any atom is 0.330 e. The van der Waals surface area contributed by atoms with Crippen molar-refractivity contribution >= 4 is 30.2 Å². The van der Waals surface area contributed by atoms with Gasteiger partial charge in [0.05, 0.1) is 34.5 Å². The van der Waals surface area contributed by atoms with E-state index in [4.69, 9.17) is 23.7 Å². The largest absolute Gasteiger partial charge is 0.493 e. The summed E-state index contributed by atoms with van der Waals surface area (Å²) < 4.78 is 26.8. The summed E-state index contributed by atoms with van der Waals surface area (Å²) in [7, 11) is 6.59. The second-order valence-corrected chi connectivity index (χ2v) is 10.4. The molecule has 238 valence electrons. The summed E-state index contributed by atoms with van der Waals surface area (Å²) >= 11 is 0. The van der Waals surface area contributed by atoms with E-state index in [2.05, 4.69) is 11.5 Å². The molecule has 0 heterocycles. The first-order chi connectivity index (χ1) is 21.8. The van der Waals surface area contributed by atoms with E-state index in [-0.39, 0.29) is 0 Å². The Morgan fingerprint density at radius 2 is 1.36 bits per heavy atom. The number of benzene rings is 3. The van der Waals surface area contributed by atoms with E-state index in [1.807, 2.05) is 68.6 Å². The van der Waals surface area contributed by atoms with E-state index < -0.39 is 11.9 Å². The van der Waals surface area contributed by atoms with Gasteiger partial charge in [0.15, 0.2) is 11.5 Å². The summed E-state index contributed by atoms with van der Waals surface area (Å²) in [5.74, 6) is 0.656. The molecule has 0 radical (unpaired) electrons. The number of nitrogens with zero attached hydrogens (tertiary/aromatic N) is 1. The highest BCUT2D eigenvalue weighted by Crippen LogP contribution is 2.38. The molecule has 3 aromatic carbocycles. The molecule has 0 aliphatic carbocycles. The lowest BCUT2D eigenvalue weighted by molar-refractivity contribution is -0.138. The van der Waals surface area contributed by atoms with Crippen molar-refractivity contribution in [3.05, 3.63) is 106 Å². The van der Waals surface area contributed by atoms with Gasteiger partial charge >= 0.3 is 11.9 Å². The normalized spacial score (nSPS) is 12.0. The molecule has 0 fully saturated rings. The minimum absolute atomic E-state index is 0.290. The van der Waals surface area contributed by atoms with Crippen molar-refractivity contribution in [1.82, 2.24) is 4.90 Å². The lowest BCUT2D eigenvalue weighted by atomic mass is 9.97. The predicted octanol–water partition coefficient (Wildman–Crippen LogP) is 4.70. The van der Waals surface area contributed by atoms with E-state index in [0.29, 0.717) is 48.9 Å². The molecule has 0 unspecified atom stereocenters. The molecule has 8 heteroatoms. The molecule has 0 spiro atoms. The lowest BCUT2D eigenvalue weighted by Crippen LogP contribution is -2.25. The standard InChI is InChI=1S/C37H43NO7/c1-27-13-7-9-15-30(27)32(31-16-10-8-14-28(31)2)18-20-36(40)45-24-12-22-38(3)21-11-23-44-35(39)19-17-29-25-33(41-4)37(43-6)34(26-29)42-5/h7-10,13-20,25-26H,1,11-12,21-24H2,2-6H3/b19-17+,20-18+,32-30-. The summed E-state index contributed by atoms with van der Waals surface area (Å²) in [6, 6.07) is 19.4. The maximum absolute atomic E-state index is 12.5. The predicted molar refractivity (Wildman–Crippen MR) is 178 cm³/mol. The molecule has 3 aromatic rings. The fourth-order valence-corrected chi connectivity index (χ4v) is 4.72. The number of rotatable bonds is 16. The van der Waals surface area contributed by atoms with E-state index in [1.165, 1.54) is 33.5 Å². The molecule has 0 N–H and O–H groups in total. The number of aryl methyl sites for hydroxylation is 1. The van der Waals surface area contributed by atoms with E-state index in [9.17, 15) is 9.59 Å². The molecular weight excluding hydrogens is 570 g/mol. The number of carbonyl (C=O) groups is 2. The molecule has 3 rings (SSSR count). The van der Waals surface area contributed by atoms with E-state index >= 15 is 0 Å². The van der Waals surface area contributed by atoms with Crippen molar-refractivity contribution in [3.63, 3.8) is 0 Å². The number of ether oxygens (including phenoxy) is 5. The Bertz CT molecular complexity index is 1580. The molecule has 0 atom stereocenters. The molecule has 0 bridgehead atoms. The van der Waals surface area contributed by atoms with Gasteiger partial charge in [0.2, 0.25) is 5.75 Å². The Hall–Kier alpha value is -4.82. The van der Waals surface area contributed by atoms with Gasteiger partial charge in [-0.25, -0.2) is 9.59 Å². The molecule has 0 aliphatic heterocycles. The molecular formula is C37H43NO7. The van der Waals surface area contributed by atoms with Gasteiger partial charge in [0.25, 0.3) is 0 Å². The van der Waals surface area contributed by atoms with Crippen LogP contribution in [0.3, 0.4) is 0 Å². The van der Waals surface area contributed by atoms with Crippen LogP contribution in [0.15, 0.2) is 78.9 Å². The number of carbonyl (C=O) groups excluding carboxylic acids is 2. The van der Waals surface area contributed by atoms with E-state index in [0.717, 1.165) is 40.2 Å². The van der Waals surface area contributed by atoms with Gasteiger partial charge in [0.1, 0.15) is 0 Å². The molecule has 8 nitrogen and oxygen atoms in total. The average molecular weight is 614 g/mol. The highest BCUT2D eigenvalue weighted by molar-refractivity contribution is 5.88. The quantitative estimate of drug-likeness (QED) is 0.131. The Kier molecular flexibility index (Phi) is 13.9. The zero-order chi connectivity index (χ0) is 32.6. The van der Waals surface area contributed by atoms with Gasteiger partial charge in [-0.15, -0.1) is 0 Å². The van der Waals surface area contributed by atoms with Gasteiger partial charge in [-0.3, -0.25) is 0 Å². The van der Waals surface area contributed by atoms with Crippen molar-refractivity contribution in [1.29, 1.82) is 0 Å². The molecule has 0 aromatic heterocycles. The van der Waals surface area contributed by atoms with Gasteiger partial charge in [-0.1, -0.05) is 55.1 Å². The van der Waals surface area contributed by atoms with Crippen LogP contribution < -0.4 is 24.6 Å². The molecule has 0 saturated heterocycles. The number of hydrogen-bond acceptors (Lipinski definition) is 8. The summed E-state index contributed by atoms with van der Waals surface area (Å²) in [6.45, 7) is 8.27. The molecule has 0 aliphatic rings. The van der Waals surface area contributed by atoms with Crippen molar-refractivity contribution in [3.8, 4) is 17.2 Å². The summed E-state index contributed by atoms with van der Waals surface area (Å²) in [6.07, 6.45) is 7.64. The maximum atomic E-state index is 12.5. The van der Waals surface area contributed by atoms with Crippen molar-refractivity contribution in [2.45, 2.75) is 19.8 Å². The Morgan fingerprint density at radius 1 is 0.778 bits per heavy atom. The first-order valence-electron chi connectivity index (χ1n) is 14.8. The van der Waals surface area contributed by atoms with Crippen LogP contribution in [-0.4, -0.2) is 71.5 Å². The average Bonchev–Trinajstić information content (AvgIpc) is 3.05. The van der Waals surface area contributed by atoms with Crippen LogP contribution in [0.25, 0.3) is 18.2 Å². The lowest BCUT2D eigenvalue weighted by Gasteiger charge is -2.16. The smallest absolute Gasteiger partial charge is 0.330 e. The van der Waals surface area contributed by atoms with Gasteiger partial charge in [-0.2, -0.15) is 0 Å². The number of methoxy groups -OCH3 is 3. The van der Waals surface area contributed by atoms with Gasteiger partial charge < -0.3 is 28.6 Å². The minimum atomic E-state index is -0.437. The second-order valence-electron chi connectivity index (χ2n) is 10.4. The summed E-state index contributed by atoms with van der Waals surface area (Å²) in [4.78, 5) is 26.8. The Morgan fingerprint density at radius 3 is 1.93 bits per heavy atom. The second kappa shape index (κ2) is 18.1. The third-order valence-corrected chi connectivity index (χ3v) is 7.08. The summed E-state index contributed by atoms with van der Waals surface area (Å²) in [5, 5.41) is 1.86. The van der Waals surface area contributed by atoms with Crippen molar-refractivity contribution < 1.29 is 33.3 Å². The van der Waals surface area contributed by atoms with Crippen LogP contribution in [0, 0.1) is 6.92 Å². The van der Waals surface area contributed by atoms with Gasteiger partial charge in [-0.05, 0) is 83.8 Å². The van der Waals surface area contributed by atoms with Crippen LogP contribution in [0.1, 0.15) is 29.5 Å². The molecule has 0 saturated carbocycles. The van der Waals surface area contributed by atoms with E-state index in [1.54, 1.807) is 18.2 Å². The molecule has 0 amide bonds. The van der Waals surface area contributed by atoms with Crippen LogP contribution in [0.2, 0.25) is 0 Å². The third-order valence-electron chi connectivity index (χ3n) is 7.08. The topological polar surface area (TPSA) is 83.5 Å². The highest BCUT2D eigenvalue weighted by atomic mass is 16.5. The first-order valence-corrected chi connectivity index (χ1v) is 14.8. The molecule has 45 heavy (non-hydrogen) atoms. The Balaban J connectivity index is 1.40. The number of allylic oxidation sites excluding steroid dienone is 1. The fourth-order valence-electron chi connectivity index (χ4n) is 4.72.